The average molecular weight is 470 g/mol. The highest BCUT2D eigenvalue weighted by molar-refractivity contribution is 8.04. The summed E-state index contributed by atoms with van der Waals surface area (Å²) >= 11 is 3.11. The lowest BCUT2D eigenvalue weighted by Crippen LogP contribution is -2.39. The van der Waals surface area contributed by atoms with E-state index in [0.717, 1.165) is 12.8 Å². The zero-order chi connectivity index (χ0) is 24.4. The van der Waals surface area contributed by atoms with Gasteiger partial charge in [-0.3, -0.25) is 19.2 Å². The van der Waals surface area contributed by atoms with Crippen LogP contribution in [0, 0.1) is 0 Å². The lowest BCUT2D eigenvalue weighted by atomic mass is 9.99. The van der Waals surface area contributed by atoms with E-state index in [-0.39, 0.29) is 11.6 Å². The zero-order valence-corrected chi connectivity index (χ0v) is 19.5. The molecule has 0 aromatic carbocycles. The Morgan fingerprint density at radius 2 is 1.27 bits per heavy atom. The van der Waals surface area contributed by atoms with Crippen LogP contribution < -0.4 is 11.5 Å². The van der Waals surface area contributed by atoms with Crippen molar-refractivity contribution in [2.75, 3.05) is 24.7 Å². The van der Waals surface area contributed by atoms with Gasteiger partial charge in [0, 0.05) is 36.2 Å². The molecular formula is C19H36N2O7S2. The lowest BCUT2D eigenvalue weighted by molar-refractivity contribution is -0.138. The van der Waals surface area contributed by atoms with Crippen LogP contribution in [0.5, 0.6) is 0 Å². The van der Waals surface area contributed by atoms with Gasteiger partial charge in [-0.05, 0) is 26.7 Å². The number of ether oxygens (including phenoxy) is 1. The summed E-state index contributed by atoms with van der Waals surface area (Å²) in [6.45, 7) is 3.91. The van der Waals surface area contributed by atoms with Crippen molar-refractivity contribution >= 4 is 47.0 Å². The Hall–Kier alpha value is -1.14. The van der Waals surface area contributed by atoms with Crippen molar-refractivity contribution in [1.82, 2.24) is 0 Å². The molecule has 0 aliphatic heterocycles. The van der Waals surface area contributed by atoms with Gasteiger partial charge in [0.15, 0.2) is 0 Å². The third kappa shape index (κ3) is 15.7. The third-order valence-electron chi connectivity index (χ3n) is 3.96. The number of aliphatic carboxylic acids is 2. The Kier molecular flexibility index (Phi) is 16.9. The SMILES string of the molecule is CC(=O)CCOCCC(C)=O.NC(CSC1CCC1SCC(N)C(=O)O)C(=O)O.[2H]C. The van der Waals surface area contributed by atoms with Gasteiger partial charge >= 0.3 is 11.9 Å². The first-order chi connectivity index (χ1) is 14.5. The van der Waals surface area contributed by atoms with E-state index in [1.165, 1.54) is 21.3 Å². The minimum Gasteiger partial charge on any atom is -0.480 e. The molecule has 0 aromatic rings. The first-order valence-electron chi connectivity index (χ1n) is 10.3. The molecule has 176 valence electrons. The Balaban J connectivity index is 0. The highest BCUT2D eigenvalue weighted by atomic mass is 32.2. The van der Waals surface area contributed by atoms with Crippen LogP contribution in [0.25, 0.3) is 0 Å². The molecule has 0 heterocycles. The molecule has 0 bridgehead atoms. The summed E-state index contributed by atoms with van der Waals surface area (Å²) in [7, 11) is 1.25. The van der Waals surface area contributed by atoms with Gasteiger partial charge in [-0.25, -0.2) is 0 Å². The monoisotopic (exact) mass is 469 g/mol. The molecule has 0 aromatic heterocycles. The van der Waals surface area contributed by atoms with Crippen LogP contribution in [-0.4, -0.2) is 81.0 Å². The van der Waals surface area contributed by atoms with E-state index in [1.807, 2.05) is 0 Å². The molecule has 0 saturated heterocycles. The maximum absolute atomic E-state index is 10.6. The summed E-state index contributed by atoms with van der Waals surface area (Å²) < 4.78 is 10.8. The lowest BCUT2D eigenvalue weighted by Gasteiger charge is -2.36. The molecule has 6 N–H and O–H groups in total. The first kappa shape index (κ1) is 28.9. The number of ketones is 2. The minimum atomic E-state index is -0.987. The van der Waals surface area contributed by atoms with Crippen LogP contribution in [0.2, 0.25) is 0 Å². The van der Waals surface area contributed by atoms with Gasteiger partial charge in [-0.2, -0.15) is 23.5 Å². The predicted molar refractivity (Wildman–Crippen MR) is 121 cm³/mol. The Bertz CT molecular complexity index is 509. The number of hydrogen-bond acceptors (Lipinski definition) is 9. The summed E-state index contributed by atoms with van der Waals surface area (Å²) in [6.07, 6.45) is 2.93. The van der Waals surface area contributed by atoms with Gasteiger partial charge in [0.1, 0.15) is 23.7 Å². The van der Waals surface area contributed by atoms with E-state index in [4.69, 9.17) is 27.8 Å². The summed E-state index contributed by atoms with van der Waals surface area (Å²) in [6, 6.07) is -1.66. The van der Waals surface area contributed by atoms with E-state index in [0.29, 0.717) is 48.1 Å². The Labute approximate surface area is 188 Å². The van der Waals surface area contributed by atoms with Crippen molar-refractivity contribution in [3.63, 3.8) is 0 Å². The quantitative estimate of drug-likeness (QED) is 0.271. The Morgan fingerprint density at radius 1 is 0.933 bits per heavy atom. The molecule has 1 fully saturated rings. The summed E-state index contributed by atoms with van der Waals surface area (Å²) in [4.78, 5) is 41.9. The maximum Gasteiger partial charge on any atom is 0.321 e. The van der Waals surface area contributed by atoms with Crippen LogP contribution in [0.3, 0.4) is 0 Å². The number of carbonyl (C=O) groups is 4. The molecule has 1 aliphatic carbocycles. The van der Waals surface area contributed by atoms with Crippen LogP contribution >= 0.6 is 23.5 Å². The molecule has 1 rings (SSSR count). The van der Waals surface area contributed by atoms with Crippen LogP contribution in [0.15, 0.2) is 0 Å². The van der Waals surface area contributed by atoms with Crippen LogP contribution in [-0.2, 0) is 23.9 Å². The summed E-state index contributed by atoms with van der Waals surface area (Å²) in [5, 5.41) is 18.1. The zero-order valence-electron chi connectivity index (χ0n) is 18.9. The molecule has 0 radical (unpaired) electrons. The molecule has 9 nitrogen and oxygen atoms in total. The second-order valence-electron chi connectivity index (χ2n) is 6.73. The van der Waals surface area contributed by atoms with Gasteiger partial charge in [0.05, 0.1) is 13.2 Å². The highest BCUT2D eigenvalue weighted by Gasteiger charge is 2.33. The number of carboxylic acid groups (broad SMARTS) is 2. The fourth-order valence-electron chi connectivity index (χ4n) is 1.95. The summed E-state index contributed by atoms with van der Waals surface area (Å²) in [5.41, 5.74) is 10.9. The average Bonchev–Trinajstić information content (AvgIpc) is 2.68. The van der Waals surface area contributed by atoms with Gasteiger partial charge in [-0.1, -0.05) is 7.40 Å². The van der Waals surface area contributed by atoms with E-state index >= 15 is 0 Å². The number of carbonyl (C=O) groups excluding carboxylic acids is 2. The van der Waals surface area contributed by atoms with Crippen molar-refractivity contribution in [3.05, 3.63) is 0 Å². The second-order valence-corrected chi connectivity index (χ2v) is 9.27. The molecular weight excluding hydrogens is 432 g/mol. The van der Waals surface area contributed by atoms with Crippen molar-refractivity contribution in [2.45, 2.75) is 69.5 Å². The van der Waals surface area contributed by atoms with Crippen LogP contribution in [0.4, 0.5) is 0 Å². The van der Waals surface area contributed by atoms with Crippen molar-refractivity contribution in [2.24, 2.45) is 11.5 Å². The van der Waals surface area contributed by atoms with Gasteiger partial charge in [0.25, 0.3) is 0 Å². The number of hydrogen-bond donors (Lipinski definition) is 4. The number of Topliss-reactive ketones (excluding diaryl/α,β-unsaturated/α-hetero) is 2. The maximum atomic E-state index is 10.6. The molecule has 0 amide bonds. The fourth-order valence-corrected chi connectivity index (χ4v) is 4.92. The number of rotatable bonds is 14. The van der Waals surface area contributed by atoms with Crippen molar-refractivity contribution < 1.29 is 35.5 Å². The molecule has 0 spiro atoms. The predicted octanol–water partition coefficient (Wildman–Crippen LogP) is 1.40. The Morgan fingerprint density at radius 3 is 1.50 bits per heavy atom. The smallest absolute Gasteiger partial charge is 0.321 e. The standard InChI is InChI=1S/C10H18N2O4S2.C8H14O3.CH4/c11-5(9(13)14)3-17-7-1-2-8(7)18-4-6(12)10(15)16;1-7(9)3-5-11-6-4-8(2)10;/h5-8H,1-4,11-12H2,(H,13,14)(H,15,16);3-6H2,1-2H3;1H4/i;;1D. The molecule has 1 aliphatic rings. The topological polar surface area (TPSA) is 170 Å². The molecule has 1 saturated carbocycles. The third-order valence-corrected chi connectivity index (χ3v) is 7.22. The van der Waals surface area contributed by atoms with Crippen LogP contribution in [0.1, 0.15) is 48.3 Å². The van der Waals surface area contributed by atoms with Gasteiger partial charge < -0.3 is 26.4 Å². The molecule has 30 heavy (non-hydrogen) atoms. The summed E-state index contributed by atoms with van der Waals surface area (Å²) in [5.74, 6) is -0.956. The largest absolute Gasteiger partial charge is 0.480 e. The molecule has 11 heteroatoms. The van der Waals surface area contributed by atoms with E-state index < -0.39 is 24.0 Å². The minimum absolute atomic E-state index is 0.118. The fraction of sp³-hybridized carbons (Fsp3) is 0.789. The number of carboxylic acids is 2. The van der Waals surface area contributed by atoms with Gasteiger partial charge in [0.2, 0.25) is 0 Å². The van der Waals surface area contributed by atoms with E-state index in [9.17, 15) is 19.2 Å². The van der Waals surface area contributed by atoms with Crippen molar-refractivity contribution in [3.8, 4) is 0 Å². The molecule has 4 unspecified atom stereocenters. The normalized spacial score (nSPS) is 19.4. The van der Waals surface area contributed by atoms with Gasteiger partial charge in [-0.15, -0.1) is 0 Å². The number of nitrogens with two attached hydrogens (primary N) is 2. The highest BCUT2D eigenvalue weighted by Crippen LogP contribution is 2.40. The van der Waals surface area contributed by atoms with Crippen molar-refractivity contribution in [1.29, 1.82) is 0 Å². The molecule has 4 atom stereocenters. The first-order valence-corrected chi connectivity index (χ1v) is 11.4. The van der Waals surface area contributed by atoms with E-state index in [2.05, 4.69) is 0 Å². The second kappa shape index (κ2) is 17.5. The van der Waals surface area contributed by atoms with E-state index in [1.54, 1.807) is 23.5 Å². The number of thioether (sulfide) groups is 2.